The number of carbonyl (C=O) groups excluding carboxylic acids is 1. The molecule has 2 heterocycles. The number of hydrogen-bond acceptors (Lipinski definition) is 6. The monoisotopic (exact) mass is 357 g/mol. The summed E-state index contributed by atoms with van der Waals surface area (Å²) in [7, 11) is 1.65. The molecule has 0 radical (unpaired) electrons. The highest BCUT2D eigenvalue weighted by Crippen LogP contribution is 2.17. The van der Waals surface area contributed by atoms with E-state index < -0.39 is 0 Å². The lowest BCUT2D eigenvalue weighted by molar-refractivity contribution is -0.121. The molecule has 0 bridgehead atoms. The lowest BCUT2D eigenvalue weighted by Crippen LogP contribution is -2.33. The van der Waals surface area contributed by atoms with Crippen LogP contribution in [0.5, 0.6) is 5.75 Å². The highest BCUT2D eigenvalue weighted by molar-refractivity contribution is 5.87. The number of nitrogens with zero attached hydrogens (tertiary/aromatic N) is 2. The summed E-state index contributed by atoms with van der Waals surface area (Å²) in [4.78, 5) is 17.6. The van der Waals surface area contributed by atoms with Gasteiger partial charge in [-0.3, -0.25) is 4.79 Å². The number of hydrogen-bond donors (Lipinski definition) is 1. The van der Waals surface area contributed by atoms with Gasteiger partial charge in [0, 0.05) is 18.4 Å². The number of oxime groups is 1. The predicted octanol–water partition coefficient (Wildman–Crippen LogP) is 2.35. The van der Waals surface area contributed by atoms with Gasteiger partial charge in [-0.15, -0.1) is 0 Å². The van der Waals surface area contributed by atoms with Crippen molar-refractivity contribution < 1.29 is 18.9 Å². The maximum absolute atomic E-state index is 12.1. The molecule has 1 amide bonds. The second-order valence-electron chi connectivity index (χ2n) is 6.40. The number of benzene rings is 1. The molecule has 1 atom stereocenters. The first-order valence-corrected chi connectivity index (χ1v) is 8.58. The average Bonchev–Trinajstić information content (AvgIpc) is 3.22. The Bertz CT molecular complexity index is 776. The molecule has 3 rings (SSSR count). The van der Waals surface area contributed by atoms with Gasteiger partial charge < -0.3 is 19.4 Å². The number of nitrogens with one attached hydrogen (secondary N) is 1. The van der Waals surface area contributed by atoms with Crippen molar-refractivity contribution in [2.75, 3.05) is 13.7 Å². The number of methoxy groups -OCH3 is 1. The molecular formula is C19H23N3O4. The van der Waals surface area contributed by atoms with Crippen LogP contribution < -0.4 is 10.1 Å². The van der Waals surface area contributed by atoms with E-state index in [4.69, 9.17) is 14.1 Å². The van der Waals surface area contributed by atoms with Crippen LogP contribution in [0.25, 0.3) is 0 Å². The zero-order chi connectivity index (χ0) is 18.5. The fraction of sp³-hybridized carbons (Fsp3) is 0.421. The zero-order valence-corrected chi connectivity index (χ0v) is 15.2. The number of carbonyl (C=O) groups is 1. The maximum atomic E-state index is 12.1. The van der Waals surface area contributed by atoms with Crippen LogP contribution in [-0.4, -0.2) is 36.5 Å². The maximum Gasteiger partial charge on any atom is 0.224 e. The Morgan fingerprint density at radius 2 is 2.08 bits per heavy atom. The summed E-state index contributed by atoms with van der Waals surface area (Å²) in [5.41, 5.74) is 3.71. The van der Waals surface area contributed by atoms with E-state index in [0.29, 0.717) is 18.7 Å². The highest BCUT2D eigenvalue weighted by Gasteiger charge is 2.22. The molecule has 1 aromatic heterocycles. The van der Waals surface area contributed by atoms with E-state index >= 15 is 0 Å². The zero-order valence-electron chi connectivity index (χ0n) is 15.2. The summed E-state index contributed by atoms with van der Waals surface area (Å²) in [5.74, 6) is 1.43. The smallest absolute Gasteiger partial charge is 0.224 e. The third-order valence-corrected chi connectivity index (χ3v) is 4.41. The van der Waals surface area contributed by atoms with Gasteiger partial charge in [-0.05, 0) is 31.5 Å². The third-order valence-electron chi connectivity index (χ3n) is 4.41. The molecule has 7 heteroatoms. The van der Waals surface area contributed by atoms with Gasteiger partial charge in [0.15, 0.2) is 0 Å². The first-order chi connectivity index (χ1) is 12.5. The second-order valence-corrected chi connectivity index (χ2v) is 6.40. The lowest BCUT2D eigenvalue weighted by Gasteiger charge is -2.10. The molecule has 7 nitrogen and oxygen atoms in total. The normalized spacial score (nSPS) is 16.1. The minimum absolute atomic E-state index is 0.0772. The third kappa shape index (κ3) is 4.41. The summed E-state index contributed by atoms with van der Waals surface area (Å²) >= 11 is 0. The van der Waals surface area contributed by atoms with Gasteiger partial charge >= 0.3 is 0 Å². The molecule has 1 aliphatic rings. The van der Waals surface area contributed by atoms with Gasteiger partial charge in [-0.2, -0.15) is 0 Å². The molecule has 1 N–H and O–H groups in total. The number of ether oxygens (including phenoxy) is 1. The topological polar surface area (TPSA) is 86.0 Å². The van der Waals surface area contributed by atoms with Gasteiger partial charge in [0.05, 0.1) is 31.5 Å². The van der Waals surface area contributed by atoms with Crippen molar-refractivity contribution in [3.05, 3.63) is 46.8 Å². The molecule has 0 fully saturated rings. The van der Waals surface area contributed by atoms with Gasteiger partial charge in [-0.25, -0.2) is 0 Å². The van der Waals surface area contributed by atoms with Crippen LogP contribution in [0.1, 0.15) is 29.0 Å². The van der Waals surface area contributed by atoms with E-state index in [-0.39, 0.29) is 18.4 Å². The molecule has 1 unspecified atom stereocenters. The minimum atomic E-state index is -0.128. The van der Waals surface area contributed by atoms with Gasteiger partial charge in [-0.1, -0.05) is 22.4 Å². The quantitative estimate of drug-likeness (QED) is 0.822. The van der Waals surface area contributed by atoms with Crippen LogP contribution in [-0.2, 0) is 22.5 Å². The average molecular weight is 357 g/mol. The van der Waals surface area contributed by atoms with E-state index in [9.17, 15) is 4.79 Å². The highest BCUT2D eigenvalue weighted by atomic mass is 16.6. The first kappa shape index (κ1) is 18.0. The van der Waals surface area contributed by atoms with Crippen molar-refractivity contribution in [1.29, 1.82) is 0 Å². The van der Waals surface area contributed by atoms with Crippen molar-refractivity contribution in [3.8, 4) is 5.75 Å². The Morgan fingerprint density at radius 1 is 1.31 bits per heavy atom. The fourth-order valence-corrected chi connectivity index (χ4v) is 2.88. The second kappa shape index (κ2) is 8.03. The van der Waals surface area contributed by atoms with E-state index in [1.54, 1.807) is 7.11 Å². The molecule has 1 aliphatic heterocycles. The van der Waals surface area contributed by atoms with Crippen molar-refractivity contribution in [2.45, 2.75) is 39.2 Å². The minimum Gasteiger partial charge on any atom is -0.497 e. The van der Waals surface area contributed by atoms with E-state index in [2.05, 4.69) is 15.6 Å². The molecule has 0 spiro atoms. The van der Waals surface area contributed by atoms with Crippen molar-refractivity contribution in [1.82, 2.24) is 10.5 Å². The van der Waals surface area contributed by atoms with Crippen LogP contribution >= 0.6 is 0 Å². The predicted molar refractivity (Wildman–Crippen MR) is 96.3 cm³/mol. The standard InChI is InChI=1S/C19H23N3O4/c1-12-18(13(2)25-21-12)10-19(23)20-11-17-9-15(22-26-17)8-14-4-6-16(24-3)7-5-14/h4-7,17H,8-11H2,1-3H3,(H,20,23). The van der Waals surface area contributed by atoms with Crippen molar-refractivity contribution in [3.63, 3.8) is 0 Å². The molecule has 26 heavy (non-hydrogen) atoms. The first-order valence-electron chi connectivity index (χ1n) is 8.58. The van der Waals surface area contributed by atoms with Crippen LogP contribution in [0.4, 0.5) is 0 Å². The summed E-state index contributed by atoms with van der Waals surface area (Å²) < 4.78 is 10.2. The molecule has 0 saturated carbocycles. The Labute approximate surface area is 152 Å². The van der Waals surface area contributed by atoms with Crippen LogP contribution in [0, 0.1) is 13.8 Å². The molecular weight excluding hydrogens is 334 g/mol. The van der Waals surface area contributed by atoms with Crippen molar-refractivity contribution >= 4 is 11.6 Å². The Hall–Kier alpha value is -2.83. The molecule has 2 aromatic rings. The van der Waals surface area contributed by atoms with Gasteiger partial charge in [0.25, 0.3) is 0 Å². The number of aryl methyl sites for hydroxylation is 2. The Balaban J connectivity index is 1.43. The summed E-state index contributed by atoms with van der Waals surface area (Å²) in [6.07, 6.45) is 1.57. The van der Waals surface area contributed by atoms with E-state index in [1.807, 2.05) is 38.1 Å². The summed E-state index contributed by atoms with van der Waals surface area (Å²) in [6, 6.07) is 7.89. The van der Waals surface area contributed by atoms with Gasteiger partial charge in [0.2, 0.25) is 5.91 Å². The number of aromatic nitrogens is 1. The van der Waals surface area contributed by atoms with Crippen LogP contribution in [0.3, 0.4) is 0 Å². The largest absolute Gasteiger partial charge is 0.497 e. The molecule has 0 saturated heterocycles. The van der Waals surface area contributed by atoms with Crippen LogP contribution in [0.2, 0.25) is 0 Å². The number of rotatable bonds is 7. The van der Waals surface area contributed by atoms with Crippen LogP contribution in [0.15, 0.2) is 33.9 Å². The van der Waals surface area contributed by atoms with E-state index in [0.717, 1.165) is 34.7 Å². The Morgan fingerprint density at radius 3 is 2.73 bits per heavy atom. The SMILES string of the molecule is COc1ccc(CC2=NOC(CNC(=O)Cc3c(C)noc3C)C2)cc1. The number of amides is 1. The Kier molecular flexibility index (Phi) is 5.55. The summed E-state index contributed by atoms with van der Waals surface area (Å²) in [5, 5.41) is 10.9. The molecule has 138 valence electrons. The fourth-order valence-electron chi connectivity index (χ4n) is 2.88. The van der Waals surface area contributed by atoms with E-state index in [1.165, 1.54) is 0 Å². The summed E-state index contributed by atoms with van der Waals surface area (Å²) in [6.45, 7) is 4.07. The van der Waals surface area contributed by atoms with Gasteiger partial charge in [0.1, 0.15) is 17.6 Å². The molecule has 1 aromatic carbocycles. The molecule has 0 aliphatic carbocycles. The lowest BCUT2D eigenvalue weighted by atomic mass is 10.0. The van der Waals surface area contributed by atoms with Crippen molar-refractivity contribution in [2.24, 2.45) is 5.16 Å².